The predicted octanol–water partition coefficient (Wildman–Crippen LogP) is 3.39. The fraction of sp³-hybridized carbons (Fsp3) is 0.333. The second-order valence-corrected chi connectivity index (χ2v) is 8.45. The van der Waals surface area contributed by atoms with Crippen molar-refractivity contribution in [1.29, 1.82) is 0 Å². The molecule has 2 atom stereocenters. The molecule has 0 radical (unpaired) electrons. The number of nitrogen functional groups attached to an aromatic ring is 1. The molecule has 8 heteroatoms. The van der Waals surface area contributed by atoms with Crippen LogP contribution in [0.15, 0.2) is 47.4 Å². The van der Waals surface area contributed by atoms with Crippen molar-refractivity contribution in [2.75, 3.05) is 24.1 Å². The van der Waals surface area contributed by atoms with Gasteiger partial charge in [-0.25, -0.2) is 9.18 Å². The summed E-state index contributed by atoms with van der Waals surface area (Å²) < 4.78 is 16.5. The van der Waals surface area contributed by atoms with Crippen LogP contribution < -0.4 is 21.8 Å². The number of carboxylic acid groups (broad SMARTS) is 1. The van der Waals surface area contributed by atoms with Crippen molar-refractivity contribution in [2.45, 2.75) is 38.3 Å². The van der Waals surface area contributed by atoms with Crippen molar-refractivity contribution in [3.8, 4) is 0 Å². The van der Waals surface area contributed by atoms with Crippen molar-refractivity contribution in [2.24, 2.45) is 0 Å². The first-order valence-electron chi connectivity index (χ1n) is 10.7. The van der Waals surface area contributed by atoms with E-state index in [2.05, 4.69) is 29.7 Å². The molecule has 1 heterocycles. The van der Waals surface area contributed by atoms with Crippen molar-refractivity contribution < 1.29 is 14.3 Å². The van der Waals surface area contributed by atoms with Gasteiger partial charge in [0.1, 0.15) is 5.56 Å². The Hall–Kier alpha value is -3.39. The van der Waals surface area contributed by atoms with E-state index >= 15 is 0 Å². The molecule has 1 saturated carbocycles. The minimum absolute atomic E-state index is 0.0138. The number of rotatable bonds is 8. The maximum atomic E-state index is 14.9. The number of carbonyl (C=O) groups is 1. The summed E-state index contributed by atoms with van der Waals surface area (Å²) in [6.07, 6.45) is 2.32. The highest BCUT2D eigenvalue weighted by Gasteiger charge is 2.50. The number of nitrogens with one attached hydrogen (secondary N) is 2. The number of pyridine rings is 1. The smallest absolute Gasteiger partial charge is 0.341 e. The number of benzene rings is 2. The van der Waals surface area contributed by atoms with Crippen molar-refractivity contribution >= 4 is 28.2 Å². The monoisotopic (exact) mass is 438 g/mol. The Labute approximate surface area is 185 Å². The zero-order chi connectivity index (χ0) is 23.0. The van der Waals surface area contributed by atoms with Crippen LogP contribution in [0.2, 0.25) is 0 Å². The van der Waals surface area contributed by atoms with Gasteiger partial charge in [0.15, 0.2) is 5.82 Å². The van der Waals surface area contributed by atoms with Crippen molar-refractivity contribution in [3.05, 3.63) is 69.8 Å². The number of nitrogens with zero attached hydrogens (tertiary/aromatic N) is 1. The first-order chi connectivity index (χ1) is 15.3. The lowest BCUT2D eigenvalue weighted by Gasteiger charge is -2.17. The zero-order valence-electron chi connectivity index (χ0n) is 18.1. The molecule has 32 heavy (non-hydrogen) atoms. The molecule has 1 fully saturated rings. The van der Waals surface area contributed by atoms with E-state index < -0.39 is 22.8 Å². The largest absolute Gasteiger partial charge is 0.477 e. The van der Waals surface area contributed by atoms with E-state index in [9.17, 15) is 19.1 Å². The average Bonchev–Trinajstić information content (AvgIpc) is 3.46. The maximum Gasteiger partial charge on any atom is 0.341 e. The van der Waals surface area contributed by atoms with Crippen LogP contribution in [0.3, 0.4) is 0 Å². The first kappa shape index (κ1) is 21.8. The van der Waals surface area contributed by atoms with Gasteiger partial charge in [0.2, 0.25) is 5.43 Å². The molecule has 4 rings (SSSR count). The highest BCUT2D eigenvalue weighted by atomic mass is 19.1. The highest BCUT2D eigenvalue weighted by molar-refractivity contribution is 5.99. The van der Waals surface area contributed by atoms with Gasteiger partial charge in [0, 0.05) is 37.3 Å². The standard InChI is InChI=1S/C24H27FN4O3/c1-3-29-13-15(23(31)32)22(30)19-18(29)11-17(20(25)21(19)26)27-9-10-28-24(2)12-16(24)14-7-5-4-6-8-14/h4-8,11,13,16,27-28H,3,9-10,12,26H2,1-2H3,(H,31,32)/t16-,24+/m0/s1. The predicted molar refractivity (Wildman–Crippen MR) is 124 cm³/mol. The Kier molecular flexibility index (Phi) is 5.64. The van der Waals surface area contributed by atoms with E-state index in [1.165, 1.54) is 17.8 Å². The number of halogens is 1. The van der Waals surface area contributed by atoms with Crippen LogP contribution in [0, 0.1) is 5.82 Å². The Morgan fingerprint density at radius 2 is 2.03 bits per heavy atom. The number of hydrogen-bond donors (Lipinski definition) is 4. The number of aromatic carboxylic acids is 1. The molecule has 1 aromatic heterocycles. The minimum atomic E-state index is -1.37. The second-order valence-electron chi connectivity index (χ2n) is 8.45. The van der Waals surface area contributed by atoms with Crippen LogP contribution in [0.25, 0.3) is 10.9 Å². The summed E-state index contributed by atoms with van der Waals surface area (Å²) in [5.74, 6) is -1.66. The number of aryl methyl sites for hydroxylation is 1. The fourth-order valence-electron chi connectivity index (χ4n) is 4.37. The molecule has 7 nitrogen and oxygen atoms in total. The van der Waals surface area contributed by atoms with E-state index in [0.29, 0.717) is 31.1 Å². The average molecular weight is 439 g/mol. The third kappa shape index (κ3) is 3.82. The number of nitrogens with two attached hydrogens (primary N) is 1. The summed E-state index contributed by atoms with van der Waals surface area (Å²) in [6, 6.07) is 11.9. The number of anilines is 2. The Morgan fingerprint density at radius 1 is 1.31 bits per heavy atom. The molecule has 0 amide bonds. The Morgan fingerprint density at radius 3 is 2.69 bits per heavy atom. The van der Waals surface area contributed by atoms with Crippen LogP contribution in [-0.2, 0) is 6.54 Å². The summed E-state index contributed by atoms with van der Waals surface area (Å²) in [5.41, 5.74) is 6.29. The van der Waals surface area contributed by atoms with E-state index in [1.54, 1.807) is 4.57 Å². The SMILES string of the molecule is CCn1cc(C(=O)O)c(=O)c2c(N)c(F)c(NCCN[C@]3(C)C[C@H]3c3ccccc3)cc21. The molecular formula is C24H27FN4O3. The third-order valence-electron chi connectivity index (χ3n) is 6.32. The Balaban J connectivity index is 1.50. The number of aromatic nitrogens is 1. The Bertz CT molecular complexity index is 1240. The molecule has 5 N–H and O–H groups in total. The van der Waals surface area contributed by atoms with Crippen molar-refractivity contribution in [1.82, 2.24) is 9.88 Å². The summed E-state index contributed by atoms with van der Waals surface area (Å²) in [4.78, 5) is 24.0. The van der Waals surface area contributed by atoms with E-state index in [1.807, 2.05) is 25.1 Å². The molecule has 0 bridgehead atoms. The minimum Gasteiger partial charge on any atom is -0.477 e. The molecule has 3 aromatic rings. The number of fused-ring (bicyclic) bond motifs is 1. The van der Waals surface area contributed by atoms with Crippen molar-refractivity contribution in [3.63, 3.8) is 0 Å². The van der Waals surface area contributed by atoms with Crippen LogP contribution in [-0.4, -0.2) is 34.3 Å². The lowest BCUT2D eigenvalue weighted by Crippen LogP contribution is -2.34. The molecule has 2 aromatic carbocycles. The van der Waals surface area contributed by atoms with Crippen LogP contribution in [0.1, 0.15) is 42.1 Å². The van der Waals surface area contributed by atoms with Gasteiger partial charge < -0.3 is 26.0 Å². The molecule has 168 valence electrons. The quantitative estimate of drug-likeness (QED) is 0.317. The molecule has 0 saturated heterocycles. The summed E-state index contributed by atoms with van der Waals surface area (Å²) in [5, 5.41) is 15.8. The van der Waals surface area contributed by atoms with Gasteiger partial charge in [-0.05, 0) is 31.9 Å². The molecule has 1 aliphatic carbocycles. The van der Waals surface area contributed by atoms with Gasteiger partial charge in [-0.15, -0.1) is 0 Å². The van der Waals surface area contributed by atoms with Crippen LogP contribution in [0.4, 0.5) is 15.8 Å². The lowest BCUT2D eigenvalue weighted by atomic mass is 10.1. The second kappa shape index (κ2) is 8.27. The van der Waals surface area contributed by atoms with Gasteiger partial charge in [-0.2, -0.15) is 0 Å². The van der Waals surface area contributed by atoms with Gasteiger partial charge in [-0.3, -0.25) is 4.79 Å². The zero-order valence-corrected chi connectivity index (χ0v) is 18.1. The molecule has 1 aliphatic rings. The first-order valence-corrected chi connectivity index (χ1v) is 10.7. The van der Waals surface area contributed by atoms with E-state index in [-0.39, 0.29) is 22.3 Å². The van der Waals surface area contributed by atoms with Crippen LogP contribution >= 0.6 is 0 Å². The molecule has 0 spiro atoms. The van der Waals surface area contributed by atoms with E-state index in [4.69, 9.17) is 5.73 Å². The molecule has 0 unspecified atom stereocenters. The summed E-state index contributed by atoms with van der Waals surface area (Å²) in [6.45, 7) is 5.48. The lowest BCUT2D eigenvalue weighted by molar-refractivity contribution is 0.0695. The van der Waals surface area contributed by atoms with E-state index in [0.717, 1.165) is 6.42 Å². The molecule has 0 aliphatic heterocycles. The number of carboxylic acids is 1. The summed E-state index contributed by atoms with van der Waals surface area (Å²) in [7, 11) is 0. The van der Waals surface area contributed by atoms with Gasteiger partial charge >= 0.3 is 5.97 Å². The molecular weight excluding hydrogens is 411 g/mol. The van der Waals surface area contributed by atoms with Gasteiger partial charge in [0.05, 0.1) is 22.3 Å². The van der Waals surface area contributed by atoms with Gasteiger partial charge in [-0.1, -0.05) is 30.3 Å². The third-order valence-corrected chi connectivity index (χ3v) is 6.32. The number of hydrogen-bond acceptors (Lipinski definition) is 5. The van der Waals surface area contributed by atoms with Crippen LogP contribution in [0.5, 0.6) is 0 Å². The summed E-state index contributed by atoms with van der Waals surface area (Å²) >= 11 is 0. The van der Waals surface area contributed by atoms with Gasteiger partial charge in [0.25, 0.3) is 0 Å². The normalized spacial score (nSPS) is 19.8. The fourth-order valence-corrected chi connectivity index (χ4v) is 4.37. The highest BCUT2D eigenvalue weighted by Crippen LogP contribution is 2.50. The maximum absolute atomic E-state index is 14.9. The topological polar surface area (TPSA) is 109 Å².